The molecule has 0 amide bonds. The summed E-state index contributed by atoms with van der Waals surface area (Å²) in [4.78, 5) is 9.21. The third-order valence-electron chi connectivity index (χ3n) is 4.95. The maximum absolute atomic E-state index is 13.5. The number of nitrogens with one attached hydrogen (secondary N) is 2. The number of benzene rings is 2. The van der Waals surface area contributed by atoms with E-state index >= 15 is 0 Å². The molecule has 0 unspecified atom stereocenters. The molecule has 33 heavy (non-hydrogen) atoms. The normalized spacial score (nSPS) is 13.0. The molecule has 2 heterocycles. The highest BCUT2D eigenvalue weighted by molar-refractivity contribution is 14.0. The third-order valence-corrected chi connectivity index (χ3v) is 4.95. The summed E-state index contributed by atoms with van der Waals surface area (Å²) in [6, 6.07) is 18.3. The predicted molar refractivity (Wildman–Crippen MR) is 139 cm³/mol. The van der Waals surface area contributed by atoms with Crippen LogP contribution in [0.3, 0.4) is 0 Å². The molecule has 0 fully saturated rings. The van der Waals surface area contributed by atoms with Crippen molar-refractivity contribution in [2.24, 2.45) is 4.99 Å². The van der Waals surface area contributed by atoms with Crippen molar-refractivity contribution >= 4 is 35.6 Å². The SMILES string of the molecule is Cc1cccc(CN=C(NCCc2cccc(F)c2)Nc2ccc3c(c2)OCCCO3)n1.I. The van der Waals surface area contributed by atoms with Gasteiger partial charge in [0.2, 0.25) is 0 Å². The maximum atomic E-state index is 13.5. The molecule has 3 aromatic rings. The number of pyridine rings is 1. The number of anilines is 1. The summed E-state index contributed by atoms with van der Waals surface area (Å²) < 4.78 is 25.0. The van der Waals surface area contributed by atoms with Crippen molar-refractivity contribution in [1.29, 1.82) is 0 Å². The Balaban J connectivity index is 0.00000306. The van der Waals surface area contributed by atoms with Crippen molar-refractivity contribution in [2.45, 2.75) is 26.3 Å². The Morgan fingerprint density at radius 2 is 1.85 bits per heavy atom. The molecule has 6 nitrogen and oxygen atoms in total. The number of aryl methyl sites for hydroxylation is 1. The minimum Gasteiger partial charge on any atom is -0.490 e. The molecule has 8 heteroatoms. The minimum absolute atomic E-state index is 0. The largest absolute Gasteiger partial charge is 0.490 e. The Morgan fingerprint density at radius 1 is 1.03 bits per heavy atom. The fourth-order valence-corrected chi connectivity index (χ4v) is 3.38. The average molecular weight is 562 g/mol. The minimum atomic E-state index is -0.229. The predicted octanol–water partition coefficient (Wildman–Crippen LogP) is 5.11. The van der Waals surface area contributed by atoms with Gasteiger partial charge in [0, 0.05) is 30.4 Å². The van der Waals surface area contributed by atoms with E-state index in [1.807, 2.05) is 49.4 Å². The van der Waals surface area contributed by atoms with E-state index in [0.717, 1.165) is 34.8 Å². The van der Waals surface area contributed by atoms with Crippen LogP contribution in [-0.4, -0.2) is 30.7 Å². The third kappa shape index (κ3) is 7.59. The molecular weight excluding hydrogens is 534 g/mol. The van der Waals surface area contributed by atoms with E-state index in [2.05, 4.69) is 15.6 Å². The fourth-order valence-electron chi connectivity index (χ4n) is 3.38. The van der Waals surface area contributed by atoms with Crippen LogP contribution < -0.4 is 20.1 Å². The number of hydrogen-bond acceptors (Lipinski definition) is 4. The smallest absolute Gasteiger partial charge is 0.196 e. The highest BCUT2D eigenvalue weighted by Gasteiger charge is 2.11. The topological polar surface area (TPSA) is 67.8 Å². The van der Waals surface area contributed by atoms with Crippen LogP contribution in [0.4, 0.5) is 10.1 Å². The summed E-state index contributed by atoms with van der Waals surface area (Å²) in [5.41, 5.74) is 3.60. The molecule has 0 saturated carbocycles. The number of halogens is 2. The molecule has 2 N–H and O–H groups in total. The lowest BCUT2D eigenvalue weighted by atomic mass is 10.1. The van der Waals surface area contributed by atoms with Gasteiger partial charge in [-0.25, -0.2) is 9.38 Å². The first kappa shape index (κ1) is 24.8. The lowest BCUT2D eigenvalue weighted by Crippen LogP contribution is -2.32. The van der Waals surface area contributed by atoms with Crippen molar-refractivity contribution in [3.8, 4) is 11.5 Å². The summed E-state index contributed by atoms with van der Waals surface area (Å²) in [5, 5.41) is 6.66. The summed E-state index contributed by atoms with van der Waals surface area (Å²) in [6.07, 6.45) is 1.53. The molecule has 1 aliphatic rings. The van der Waals surface area contributed by atoms with Crippen LogP contribution in [0.1, 0.15) is 23.4 Å². The van der Waals surface area contributed by atoms with E-state index in [4.69, 9.17) is 14.5 Å². The van der Waals surface area contributed by atoms with Crippen molar-refractivity contribution in [3.05, 3.63) is 83.4 Å². The fraction of sp³-hybridized carbons (Fsp3) is 0.280. The first-order valence-electron chi connectivity index (χ1n) is 10.8. The lowest BCUT2D eigenvalue weighted by molar-refractivity contribution is 0.297. The molecule has 1 aromatic heterocycles. The summed E-state index contributed by atoms with van der Waals surface area (Å²) in [6.45, 7) is 4.27. The second-order valence-corrected chi connectivity index (χ2v) is 7.58. The monoisotopic (exact) mass is 562 g/mol. The van der Waals surface area contributed by atoms with Gasteiger partial charge >= 0.3 is 0 Å². The maximum Gasteiger partial charge on any atom is 0.196 e. The lowest BCUT2D eigenvalue weighted by Gasteiger charge is -2.15. The molecule has 0 radical (unpaired) electrons. The molecule has 2 aromatic carbocycles. The Kier molecular flexibility index (Phi) is 9.29. The molecule has 174 valence electrons. The van der Waals surface area contributed by atoms with Crippen molar-refractivity contribution in [2.75, 3.05) is 25.1 Å². The first-order chi connectivity index (χ1) is 15.7. The van der Waals surface area contributed by atoms with E-state index < -0.39 is 0 Å². The Hall–Kier alpha value is -2.88. The molecule has 0 bridgehead atoms. The number of rotatable bonds is 6. The Bertz CT molecular complexity index is 1090. The highest BCUT2D eigenvalue weighted by atomic mass is 127. The number of hydrogen-bond donors (Lipinski definition) is 2. The van der Waals surface area contributed by atoms with Crippen LogP contribution in [-0.2, 0) is 13.0 Å². The summed E-state index contributed by atoms with van der Waals surface area (Å²) >= 11 is 0. The number of ether oxygens (including phenoxy) is 2. The van der Waals surface area contributed by atoms with Gasteiger partial charge in [-0.05, 0) is 55.3 Å². The second-order valence-electron chi connectivity index (χ2n) is 7.58. The van der Waals surface area contributed by atoms with Crippen LogP contribution in [0.2, 0.25) is 0 Å². The van der Waals surface area contributed by atoms with Crippen molar-refractivity contribution < 1.29 is 13.9 Å². The van der Waals surface area contributed by atoms with Gasteiger partial charge in [0.05, 0.1) is 25.5 Å². The van der Waals surface area contributed by atoms with Crippen LogP contribution in [0.15, 0.2) is 65.7 Å². The van der Waals surface area contributed by atoms with Crippen LogP contribution in [0.25, 0.3) is 0 Å². The molecule has 1 aliphatic heterocycles. The van der Waals surface area contributed by atoms with Crippen LogP contribution >= 0.6 is 24.0 Å². The number of aromatic nitrogens is 1. The molecule has 4 rings (SSSR count). The van der Waals surface area contributed by atoms with E-state index in [9.17, 15) is 4.39 Å². The number of guanidine groups is 1. The second kappa shape index (κ2) is 12.4. The van der Waals surface area contributed by atoms with Crippen molar-refractivity contribution in [1.82, 2.24) is 10.3 Å². The van der Waals surface area contributed by atoms with E-state index in [0.29, 0.717) is 44.4 Å². The van der Waals surface area contributed by atoms with Gasteiger partial charge < -0.3 is 20.1 Å². The van der Waals surface area contributed by atoms with E-state index in [1.165, 1.54) is 6.07 Å². The summed E-state index contributed by atoms with van der Waals surface area (Å²) in [5.74, 6) is 1.84. The summed E-state index contributed by atoms with van der Waals surface area (Å²) in [7, 11) is 0. The van der Waals surface area contributed by atoms with E-state index in [-0.39, 0.29) is 29.8 Å². The van der Waals surface area contributed by atoms with Gasteiger partial charge in [-0.15, -0.1) is 24.0 Å². The quantitative estimate of drug-likeness (QED) is 0.249. The van der Waals surface area contributed by atoms with E-state index in [1.54, 1.807) is 12.1 Å². The van der Waals surface area contributed by atoms with Crippen molar-refractivity contribution in [3.63, 3.8) is 0 Å². The first-order valence-corrected chi connectivity index (χ1v) is 10.8. The molecular formula is C25H28FIN4O2. The zero-order valence-electron chi connectivity index (χ0n) is 18.5. The van der Waals surface area contributed by atoms with Gasteiger partial charge in [0.1, 0.15) is 5.82 Å². The van der Waals surface area contributed by atoms with Crippen LogP contribution in [0.5, 0.6) is 11.5 Å². The number of nitrogens with zero attached hydrogens (tertiary/aromatic N) is 2. The Labute approximate surface area is 210 Å². The standard InChI is InChI=1S/C25H27FN4O2.HI/c1-18-5-2-8-22(29-18)17-28-25(27-12-11-19-6-3-7-20(26)15-19)30-21-9-10-23-24(16-21)32-14-4-13-31-23;/h2-3,5-10,15-16H,4,11-14,17H2,1H3,(H2,27,28,30);1H. The van der Waals surface area contributed by atoms with Gasteiger partial charge in [-0.3, -0.25) is 4.98 Å². The van der Waals surface area contributed by atoms with Gasteiger partial charge in [-0.2, -0.15) is 0 Å². The molecule has 0 spiro atoms. The average Bonchev–Trinajstić information content (AvgIpc) is 3.02. The molecule has 0 atom stereocenters. The number of fused-ring (bicyclic) bond motifs is 1. The zero-order chi connectivity index (χ0) is 22.2. The van der Waals surface area contributed by atoms with Crippen LogP contribution in [0, 0.1) is 12.7 Å². The van der Waals surface area contributed by atoms with Gasteiger partial charge in [0.25, 0.3) is 0 Å². The molecule has 0 aliphatic carbocycles. The molecule has 0 saturated heterocycles. The number of aliphatic imine (C=N–C) groups is 1. The Morgan fingerprint density at radius 3 is 2.67 bits per heavy atom. The van der Waals surface area contributed by atoms with Gasteiger partial charge in [-0.1, -0.05) is 18.2 Å². The highest BCUT2D eigenvalue weighted by Crippen LogP contribution is 2.32. The zero-order valence-corrected chi connectivity index (χ0v) is 20.8. The van der Waals surface area contributed by atoms with Gasteiger partial charge in [0.15, 0.2) is 17.5 Å².